The molecule has 3 rings (SSSR count). The zero-order valence-electron chi connectivity index (χ0n) is 18.0. The van der Waals surface area contributed by atoms with Crippen molar-refractivity contribution < 1.29 is 27.7 Å². The van der Waals surface area contributed by atoms with E-state index in [9.17, 15) is 28.1 Å². The Hall–Kier alpha value is -3.38. The number of non-ortho nitro benzene ring substituents is 1. The summed E-state index contributed by atoms with van der Waals surface area (Å²) < 4.78 is 31.8. The number of sulfone groups is 1. The monoisotopic (exact) mass is 491 g/mol. The predicted octanol–water partition coefficient (Wildman–Crippen LogP) is 3.10. The molecule has 3 aromatic rings. The third-order valence-electron chi connectivity index (χ3n) is 4.70. The van der Waals surface area contributed by atoms with E-state index in [0.29, 0.717) is 10.2 Å². The molecule has 1 amide bonds. The van der Waals surface area contributed by atoms with Crippen LogP contribution < -0.4 is 4.80 Å². The number of aromatic nitrogens is 1. The fourth-order valence-electron chi connectivity index (χ4n) is 2.97. The van der Waals surface area contributed by atoms with E-state index in [-0.39, 0.29) is 34.1 Å². The number of hydrogen-bond donors (Lipinski definition) is 0. The average Bonchev–Trinajstić information content (AvgIpc) is 3.09. The van der Waals surface area contributed by atoms with Gasteiger partial charge in [0.2, 0.25) is 0 Å². The number of hydrogen-bond acceptors (Lipinski definition) is 8. The fourth-order valence-corrected chi connectivity index (χ4v) is 5.09. The molecule has 0 fully saturated rings. The SMILES string of the molecule is CCOC(=O)Cn1c(=NC(=O)c2cccc(S(=O)(=O)C(C)C)c2)sc2ccc([N+](=O)[O-])cc21. The smallest absolute Gasteiger partial charge is 0.326 e. The van der Waals surface area contributed by atoms with Crippen LogP contribution in [0.5, 0.6) is 0 Å². The maximum atomic E-state index is 12.9. The highest BCUT2D eigenvalue weighted by Gasteiger charge is 2.21. The number of ether oxygens (including phenoxy) is 1. The molecule has 174 valence electrons. The molecule has 0 aliphatic carbocycles. The lowest BCUT2D eigenvalue weighted by Crippen LogP contribution is -2.23. The lowest BCUT2D eigenvalue weighted by molar-refractivity contribution is -0.384. The summed E-state index contributed by atoms with van der Waals surface area (Å²) in [6.07, 6.45) is 0. The van der Waals surface area contributed by atoms with Crippen LogP contribution in [-0.4, -0.2) is 41.6 Å². The van der Waals surface area contributed by atoms with Gasteiger partial charge in [-0.3, -0.25) is 19.7 Å². The fraction of sp³-hybridized carbons (Fsp3) is 0.286. The summed E-state index contributed by atoms with van der Waals surface area (Å²) in [7, 11) is -3.59. The molecule has 10 nitrogen and oxygen atoms in total. The molecule has 0 atom stereocenters. The Morgan fingerprint density at radius 2 is 1.94 bits per heavy atom. The van der Waals surface area contributed by atoms with Crippen molar-refractivity contribution in [1.82, 2.24) is 4.57 Å². The number of rotatable bonds is 7. The van der Waals surface area contributed by atoms with Crippen molar-refractivity contribution in [2.45, 2.75) is 37.5 Å². The number of carbonyl (C=O) groups excluding carboxylic acids is 2. The summed E-state index contributed by atoms with van der Waals surface area (Å²) >= 11 is 1.07. The Labute approximate surface area is 193 Å². The minimum atomic E-state index is -3.59. The lowest BCUT2D eigenvalue weighted by Gasteiger charge is -2.08. The summed E-state index contributed by atoms with van der Waals surface area (Å²) in [5.41, 5.74) is 0.232. The van der Waals surface area contributed by atoms with Crippen LogP contribution in [0.15, 0.2) is 52.4 Å². The number of fused-ring (bicyclic) bond motifs is 1. The molecule has 0 unspecified atom stereocenters. The summed E-state index contributed by atoms with van der Waals surface area (Å²) in [5, 5.41) is 10.5. The standard InChI is InChI=1S/C21H21N3O7S2/c1-4-31-19(25)12-23-17-11-15(24(27)28)8-9-18(17)32-21(23)22-20(26)14-6-5-7-16(10-14)33(29,30)13(2)3/h5-11,13H,4,12H2,1-3H3. The molecule has 1 heterocycles. The minimum Gasteiger partial charge on any atom is -0.465 e. The number of carbonyl (C=O) groups is 2. The van der Waals surface area contributed by atoms with Gasteiger partial charge in [-0.25, -0.2) is 8.42 Å². The van der Waals surface area contributed by atoms with E-state index in [1.54, 1.807) is 20.8 Å². The van der Waals surface area contributed by atoms with E-state index in [1.165, 1.54) is 47.0 Å². The van der Waals surface area contributed by atoms with Gasteiger partial charge in [0, 0.05) is 17.7 Å². The van der Waals surface area contributed by atoms with Gasteiger partial charge in [0.15, 0.2) is 14.6 Å². The van der Waals surface area contributed by atoms with Crippen molar-refractivity contribution in [3.63, 3.8) is 0 Å². The highest BCUT2D eigenvalue weighted by Crippen LogP contribution is 2.23. The molecule has 0 spiro atoms. The molecular weight excluding hydrogens is 470 g/mol. The molecule has 0 radical (unpaired) electrons. The Morgan fingerprint density at radius 3 is 2.58 bits per heavy atom. The van der Waals surface area contributed by atoms with Crippen LogP contribution in [0.2, 0.25) is 0 Å². The van der Waals surface area contributed by atoms with Crippen molar-refractivity contribution in [1.29, 1.82) is 0 Å². The predicted molar refractivity (Wildman–Crippen MR) is 122 cm³/mol. The van der Waals surface area contributed by atoms with Crippen molar-refractivity contribution in [3.05, 3.63) is 62.9 Å². The van der Waals surface area contributed by atoms with Gasteiger partial charge in [-0.05, 0) is 45.0 Å². The highest BCUT2D eigenvalue weighted by molar-refractivity contribution is 7.92. The van der Waals surface area contributed by atoms with Crippen LogP contribution in [-0.2, 0) is 25.9 Å². The van der Waals surface area contributed by atoms with Gasteiger partial charge in [-0.15, -0.1) is 0 Å². The first-order chi connectivity index (χ1) is 15.5. The summed E-state index contributed by atoms with van der Waals surface area (Å²) in [6, 6.07) is 9.70. The van der Waals surface area contributed by atoms with Crippen molar-refractivity contribution >= 4 is 49.0 Å². The zero-order chi connectivity index (χ0) is 24.3. The van der Waals surface area contributed by atoms with Gasteiger partial charge in [0.05, 0.1) is 31.9 Å². The van der Waals surface area contributed by atoms with Crippen molar-refractivity contribution in [3.8, 4) is 0 Å². The van der Waals surface area contributed by atoms with Crippen molar-refractivity contribution in [2.75, 3.05) is 6.61 Å². The molecular formula is C21H21N3O7S2. The Morgan fingerprint density at radius 1 is 1.21 bits per heavy atom. The second kappa shape index (κ2) is 9.63. The summed E-state index contributed by atoms with van der Waals surface area (Å²) in [4.78, 5) is 39.9. The summed E-state index contributed by atoms with van der Waals surface area (Å²) in [5.74, 6) is -1.31. The largest absolute Gasteiger partial charge is 0.465 e. The molecule has 12 heteroatoms. The molecule has 0 aliphatic heterocycles. The third-order valence-corrected chi connectivity index (χ3v) is 7.91. The van der Waals surface area contributed by atoms with E-state index in [0.717, 1.165) is 11.3 Å². The van der Waals surface area contributed by atoms with Gasteiger partial charge in [-0.1, -0.05) is 17.4 Å². The number of amides is 1. The van der Waals surface area contributed by atoms with Gasteiger partial charge in [-0.2, -0.15) is 4.99 Å². The van der Waals surface area contributed by atoms with E-state index in [4.69, 9.17) is 4.74 Å². The first kappa shape index (κ1) is 24.3. The molecule has 0 bridgehead atoms. The molecule has 33 heavy (non-hydrogen) atoms. The molecule has 2 aromatic carbocycles. The second-order valence-electron chi connectivity index (χ2n) is 7.22. The first-order valence-corrected chi connectivity index (χ1v) is 12.3. The molecule has 1 aromatic heterocycles. The van der Waals surface area contributed by atoms with Crippen LogP contribution in [0.1, 0.15) is 31.1 Å². The van der Waals surface area contributed by atoms with Crippen LogP contribution in [0, 0.1) is 10.1 Å². The number of esters is 1. The third kappa shape index (κ3) is 5.17. The van der Waals surface area contributed by atoms with E-state index >= 15 is 0 Å². The molecule has 0 saturated carbocycles. The minimum absolute atomic E-state index is 0.00455. The molecule has 0 aliphatic rings. The number of nitro groups is 1. The van der Waals surface area contributed by atoms with E-state index in [1.807, 2.05) is 0 Å². The van der Waals surface area contributed by atoms with Crippen LogP contribution in [0.3, 0.4) is 0 Å². The Kier molecular flexibility index (Phi) is 7.08. The van der Waals surface area contributed by atoms with Crippen LogP contribution >= 0.6 is 11.3 Å². The number of nitro benzene ring substituents is 1. The second-order valence-corrected chi connectivity index (χ2v) is 10.7. The zero-order valence-corrected chi connectivity index (χ0v) is 19.7. The first-order valence-electron chi connectivity index (χ1n) is 9.91. The van der Waals surface area contributed by atoms with Gasteiger partial charge >= 0.3 is 5.97 Å². The van der Waals surface area contributed by atoms with Crippen LogP contribution in [0.4, 0.5) is 5.69 Å². The van der Waals surface area contributed by atoms with E-state index in [2.05, 4.69) is 4.99 Å². The van der Waals surface area contributed by atoms with E-state index < -0.39 is 31.9 Å². The average molecular weight is 492 g/mol. The topological polar surface area (TPSA) is 138 Å². The lowest BCUT2D eigenvalue weighted by atomic mass is 10.2. The van der Waals surface area contributed by atoms with Gasteiger partial charge < -0.3 is 9.30 Å². The van der Waals surface area contributed by atoms with Crippen molar-refractivity contribution in [2.24, 2.45) is 4.99 Å². The molecule has 0 saturated heterocycles. The summed E-state index contributed by atoms with van der Waals surface area (Å²) in [6.45, 7) is 4.57. The van der Waals surface area contributed by atoms with Gasteiger partial charge in [0.1, 0.15) is 6.54 Å². The van der Waals surface area contributed by atoms with Crippen LogP contribution in [0.25, 0.3) is 10.2 Å². The quantitative estimate of drug-likeness (QED) is 0.281. The number of nitrogens with zero attached hydrogens (tertiary/aromatic N) is 3. The maximum Gasteiger partial charge on any atom is 0.326 e. The normalized spacial score (nSPS) is 12.3. The Balaban J connectivity index is 2.14. The highest BCUT2D eigenvalue weighted by atomic mass is 32.2. The number of benzene rings is 2. The molecule has 0 N–H and O–H groups in total. The number of thiazole rings is 1. The maximum absolute atomic E-state index is 12.9. The van der Waals surface area contributed by atoms with Gasteiger partial charge in [0.25, 0.3) is 11.6 Å². The Bertz CT molecular complexity index is 1420.